The molecule has 5 heteroatoms. The van der Waals surface area contributed by atoms with Gasteiger partial charge in [-0.1, -0.05) is 6.58 Å². The van der Waals surface area contributed by atoms with Crippen molar-refractivity contribution < 1.29 is 15.0 Å². The van der Waals surface area contributed by atoms with Crippen LogP contribution in [0.5, 0.6) is 0 Å². The fourth-order valence-electron chi connectivity index (χ4n) is 0.908. The van der Waals surface area contributed by atoms with E-state index in [1.807, 2.05) is 0 Å². The molecule has 1 heterocycles. The Morgan fingerprint density at radius 3 is 3.00 bits per heavy atom. The Labute approximate surface area is 74.9 Å². The highest BCUT2D eigenvalue weighted by Gasteiger charge is 2.13. The lowest BCUT2D eigenvalue weighted by molar-refractivity contribution is -0.139. The minimum atomic E-state index is -1.04. The van der Waals surface area contributed by atoms with E-state index in [2.05, 4.69) is 11.7 Å². The minimum absolute atomic E-state index is 0.317. The van der Waals surface area contributed by atoms with Crippen molar-refractivity contribution in [3.63, 3.8) is 0 Å². The van der Waals surface area contributed by atoms with Gasteiger partial charge in [0.25, 0.3) is 0 Å². The molecule has 5 nitrogen and oxygen atoms in total. The van der Waals surface area contributed by atoms with Gasteiger partial charge in [0.05, 0.1) is 18.7 Å². The summed E-state index contributed by atoms with van der Waals surface area (Å²) in [6, 6.07) is 0. The number of nitrogens with zero attached hydrogens (tertiary/aromatic N) is 2. The number of aliphatic hydroxyl groups is 1. The van der Waals surface area contributed by atoms with Crippen LogP contribution in [-0.2, 0) is 4.79 Å². The van der Waals surface area contributed by atoms with Crippen LogP contribution in [0, 0.1) is 0 Å². The molecule has 13 heavy (non-hydrogen) atoms. The summed E-state index contributed by atoms with van der Waals surface area (Å²) in [4.78, 5) is 10.3. The Morgan fingerprint density at radius 1 is 1.85 bits per heavy atom. The van der Waals surface area contributed by atoms with E-state index >= 15 is 0 Å². The zero-order valence-electron chi connectivity index (χ0n) is 6.92. The van der Waals surface area contributed by atoms with Gasteiger partial charge < -0.3 is 10.2 Å². The quantitative estimate of drug-likeness (QED) is 0.710. The Morgan fingerprint density at radius 2 is 2.54 bits per heavy atom. The third-order valence-electron chi connectivity index (χ3n) is 1.56. The third-order valence-corrected chi connectivity index (χ3v) is 1.56. The molecule has 0 radical (unpaired) electrons. The molecular formula is C8H10N2O3. The highest BCUT2D eigenvalue weighted by atomic mass is 16.4. The molecule has 0 bridgehead atoms. The van der Waals surface area contributed by atoms with Crippen LogP contribution in [0.1, 0.15) is 18.1 Å². The molecule has 1 aromatic heterocycles. The van der Waals surface area contributed by atoms with Crippen LogP contribution in [-0.4, -0.2) is 26.0 Å². The number of aromatic nitrogens is 2. The molecule has 0 spiro atoms. The highest BCUT2D eigenvalue weighted by molar-refractivity contribution is 5.67. The molecule has 0 aliphatic carbocycles. The van der Waals surface area contributed by atoms with Gasteiger partial charge >= 0.3 is 5.97 Å². The van der Waals surface area contributed by atoms with E-state index in [1.165, 1.54) is 23.3 Å². The molecule has 1 aromatic rings. The number of aliphatic carboxylic acids is 1. The summed E-state index contributed by atoms with van der Waals surface area (Å²) < 4.78 is 1.40. The average molecular weight is 182 g/mol. The molecular weight excluding hydrogens is 172 g/mol. The monoisotopic (exact) mass is 182 g/mol. The summed E-state index contributed by atoms with van der Waals surface area (Å²) in [6.07, 6.45) is 3.07. The first-order valence-corrected chi connectivity index (χ1v) is 3.70. The molecule has 2 N–H and O–H groups in total. The van der Waals surface area contributed by atoms with Crippen LogP contribution < -0.4 is 0 Å². The number of aliphatic hydroxyl groups excluding tert-OH is 1. The third kappa shape index (κ3) is 2.41. The fraction of sp³-hybridized carbons (Fsp3) is 0.250. The second-order valence-corrected chi connectivity index (χ2v) is 2.55. The molecule has 0 saturated heterocycles. The molecule has 1 rings (SSSR count). The van der Waals surface area contributed by atoms with Crippen molar-refractivity contribution in [1.82, 2.24) is 9.78 Å². The number of carboxylic acid groups (broad SMARTS) is 1. The van der Waals surface area contributed by atoms with E-state index < -0.39 is 12.1 Å². The Hall–Kier alpha value is -1.62. The predicted molar refractivity (Wildman–Crippen MR) is 45.8 cm³/mol. The Bertz CT molecular complexity index is 319. The van der Waals surface area contributed by atoms with E-state index in [0.29, 0.717) is 5.56 Å². The zero-order valence-corrected chi connectivity index (χ0v) is 6.92. The topological polar surface area (TPSA) is 75.4 Å². The average Bonchev–Trinajstić information content (AvgIpc) is 2.50. The van der Waals surface area contributed by atoms with Crippen LogP contribution in [0.25, 0.3) is 6.20 Å². The second kappa shape index (κ2) is 3.86. The minimum Gasteiger partial charge on any atom is -0.481 e. The second-order valence-electron chi connectivity index (χ2n) is 2.55. The van der Waals surface area contributed by atoms with Gasteiger partial charge in [-0.2, -0.15) is 5.10 Å². The van der Waals surface area contributed by atoms with E-state index in [1.54, 1.807) is 0 Å². The van der Waals surface area contributed by atoms with Crippen molar-refractivity contribution in [2.24, 2.45) is 0 Å². The van der Waals surface area contributed by atoms with Gasteiger partial charge in [-0.15, -0.1) is 0 Å². The van der Waals surface area contributed by atoms with Gasteiger partial charge in [0.2, 0.25) is 0 Å². The molecule has 0 aliphatic rings. The number of hydrogen-bond acceptors (Lipinski definition) is 3. The molecule has 0 amide bonds. The first-order valence-electron chi connectivity index (χ1n) is 3.70. The van der Waals surface area contributed by atoms with Gasteiger partial charge in [-0.05, 0) is 0 Å². The standard InChI is InChI=1S/C8H10N2O3/c1-2-10-5-6(4-9-10)7(11)3-8(12)13/h2,4-5,7,11H,1,3H2,(H,12,13)/t7-/m1/s1. The first kappa shape index (κ1) is 9.47. The molecule has 1 atom stereocenters. The summed E-state index contributed by atoms with van der Waals surface area (Å²) in [5.74, 6) is -1.04. The van der Waals surface area contributed by atoms with Crippen LogP contribution >= 0.6 is 0 Å². The van der Waals surface area contributed by atoms with Crippen molar-refractivity contribution in [3.05, 3.63) is 24.5 Å². The van der Waals surface area contributed by atoms with Crippen LogP contribution in [0.15, 0.2) is 19.0 Å². The Kier molecular flexibility index (Phi) is 2.81. The number of carboxylic acids is 1. The summed E-state index contributed by atoms with van der Waals surface area (Å²) >= 11 is 0. The molecule has 70 valence electrons. The largest absolute Gasteiger partial charge is 0.481 e. The summed E-state index contributed by atoms with van der Waals surface area (Å²) in [5, 5.41) is 21.5. The molecule has 0 unspecified atom stereocenters. The van der Waals surface area contributed by atoms with E-state index in [4.69, 9.17) is 5.11 Å². The summed E-state index contributed by atoms with van der Waals surface area (Å²) in [5.41, 5.74) is 0.474. The van der Waals surface area contributed by atoms with Crippen LogP contribution in [0.2, 0.25) is 0 Å². The van der Waals surface area contributed by atoms with Gasteiger partial charge in [-0.3, -0.25) is 4.79 Å². The Balaban J connectivity index is 2.70. The maximum atomic E-state index is 10.3. The van der Waals surface area contributed by atoms with Gasteiger partial charge in [0, 0.05) is 18.0 Å². The lowest BCUT2D eigenvalue weighted by Crippen LogP contribution is -2.04. The smallest absolute Gasteiger partial charge is 0.306 e. The summed E-state index contributed by atoms with van der Waals surface area (Å²) in [7, 11) is 0. The molecule has 0 fully saturated rings. The van der Waals surface area contributed by atoms with Gasteiger partial charge in [-0.25, -0.2) is 4.68 Å². The molecule has 0 aliphatic heterocycles. The van der Waals surface area contributed by atoms with Gasteiger partial charge in [0.15, 0.2) is 0 Å². The van der Waals surface area contributed by atoms with Crippen molar-refractivity contribution >= 4 is 12.2 Å². The SMILES string of the molecule is C=Cn1cc([C@H](O)CC(=O)O)cn1. The molecule has 0 aromatic carbocycles. The highest BCUT2D eigenvalue weighted by Crippen LogP contribution is 2.15. The number of carbonyl (C=O) groups is 1. The van der Waals surface area contributed by atoms with Crippen LogP contribution in [0.3, 0.4) is 0 Å². The van der Waals surface area contributed by atoms with Gasteiger partial charge in [0.1, 0.15) is 0 Å². The predicted octanol–water partition coefficient (Wildman–Crippen LogP) is 0.492. The van der Waals surface area contributed by atoms with Crippen LogP contribution in [0.4, 0.5) is 0 Å². The maximum Gasteiger partial charge on any atom is 0.306 e. The molecule has 0 saturated carbocycles. The lowest BCUT2D eigenvalue weighted by atomic mass is 10.1. The maximum absolute atomic E-state index is 10.3. The van der Waals surface area contributed by atoms with Crippen molar-refractivity contribution in [3.8, 4) is 0 Å². The van der Waals surface area contributed by atoms with Crippen molar-refractivity contribution in [1.29, 1.82) is 0 Å². The number of hydrogen-bond donors (Lipinski definition) is 2. The summed E-state index contributed by atoms with van der Waals surface area (Å²) in [6.45, 7) is 3.47. The fourth-order valence-corrected chi connectivity index (χ4v) is 0.908. The normalized spacial score (nSPS) is 12.4. The lowest BCUT2D eigenvalue weighted by Gasteiger charge is -2.02. The van der Waals surface area contributed by atoms with Crippen molar-refractivity contribution in [2.45, 2.75) is 12.5 Å². The number of rotatable bonds is 4. The van der Waals surface area contributed by atoms with E-state index in [-0.39, 0.29) is 6.42 Å². The first-order chi connectivity index (χ1) is 6.13. The van der Waals surface area contributed by atoms with Crippen molar-refractivity contribution in [2.75, 3.05) is 0 Å². The zero-order chi connectivity index (χ0) is 9.84. The van der Waals surface area contributed by atoms with E-state index in [0.717, 1.165) is 0 Å². The van der Waals surface area contributed by atoms with E-state index in [9.17, 15) is 9.90 Å².